The molecule has 0 spiro atoms. The number of carboxylic acid groups (broad SMARTS) is 2. The molecule has 2 fully saturated rings. The van der Waals surface area contributed by atoms with Crippen LogP contribution in [0.1, 0.15) is 46.7 Å². The number of carbonyl (C=O) groups is 4. The largest absolute Gasteiger partial charge is 0.494 e. The molecule has 334 valence electrons. The Hall–Kier alpha value is -7.56. The molecule has 0 unspecified atom stereocenters. The number of halogens is 2. The van der Waals surface area contributed by atoms with Crippen molar-refractivity contribution in [3.05, 3.63) is 72.6 Å². The van der Waals surface area contributed by atoms with Gasteiger partial charge in [-0.05, 0) is 49.9 Å². The van der Waals surface area contributed by atoms with E-state index in [4.69, 9.17) is 9.47 Å². The molecule has 0 radical (unpaired) electrons. The minimum atomic E-state index is -1.29. The van der Waals surface area contributed by atoms with E-state index >= 15 is 0 Å². The van der Waals surface area contributed by atoms with Crippen molar-refractivity contribution in [1.29, 1.82) is 0 Å². The van der Waals surface area contributed by atoms with Gasteiger partial charge >= 0.3 is 11.9 Å². The molecule has 0 atom stereocenters. The van der Waals surface area contributed by atoms with Crippen LogP contribution >= 0.6 is 0 Å². The first kappa shape index (κ1) is 46.9. The third-order valence-corrected chi connectivity index (χ3v) is 9.55. The average molecular weight is 948 g/mol. The molecule has 6 N–H and O–H groups in total. The number of carbonyl (C=O) groups excluding carboxylic acids is 2. The number of hydrogen-bond donors (Lipinski definition) is 6. The van der Waals surface area contributed by atoms with Crippen molar-refractivity contribution >= 4 is 58.1 Å². The number of ether oxygens (including phenoxy) is 2. The number of rotatable bonds is 18. The summed E-state index contributed by atoms with van der Waals surface area (Å²) in [4.78, 5) is 55.8. The normalized spacial score (nSPS) is 12.7. The van der Waals surface area contributed by atoms with Crippen LogP contribution in [0.15, 0.2) is 61.2 Å². The smallest absolute Gasteiger partial charge is 0.358 e. The monoisotopic (exact) mass is 946 g/mol. The van der Waals surface area contributed by atoms with Gasteiger partial charge in [0.2, 0.25) is 11.8 Å². The van der Waals surface area contributed by atoms with Crippen LogP contribution in [0.2, 0.25) is 0 Å². The van der Waals surface area contributed by atoms with Gasteiger partial charge in [-0.25, -0.2) is 37.7 Å². The standard InChI is InChI=1S/2C20H20FN7O4.Zn/c2*1-32-17-12(18-22-10-28(27-18)8-7-21)3-2-4-13(17)23-14-9-15(24-19(29)11-5-6-11)25-26-16(14)20(30)31;/h2*2-4,9-11H,5-8H2,1H3,(H,30,31)(H2,23,24,25,29);. The fourth-order valence-corrected chi connectivity index (χ4v) is 6.14. The summed E-state index contributed by atoms with van der Waals surface area (Å²) in [5.41, 5.74) is 1.46. The molecule has 22 nitrogen and oxygen atoms in total. The van der Waals surface area contributed by atoms with Crippen molar-refractivity contribution in [2.24, 2.45) is 11.8 Å². The summed E-state index contributed by atoms with van der Waals surface area (Å²) in [6.07, 6.45) is 6.10. The molecule has 0 saturated heterocycles. The van der Waals surface area contributed by atoms with E-state index in [2.05, 4.69) is 61.8 Å². The molecule has 2 amide bonds. The first-order valence-electron chi connectivity index (χ1n) is 19.6. The van der Waals surface area contributed by atoms with Crippen molar-refractivity contribution in [3.63, 3.8) is 0 Å². The number of alkyl halides is 2. The molecule has 4 aromatic heterocycles. The maximum atomic E-state index is 12.6. The van der Waals surface area contributed by atoms with Crippen LogP contribution in [-0.2, 0) is 42.2 Å². The van der Waals surface area contributed by atoms with Crippen LogP contribution in [0.25, 0.3) is 22.8 Å². The number of nitrogens with one attached hydrogen (secondary N) is 4. The van der Waals surface area contributed by atoms with Gasteiger partial charge in [0, 0.05) is 43.4 Å². The quantitative estimate of drug-likeness (QED) is 0.0618. The van der Waals surface area contributed by atoms with Gasteiger partial charge in [0.1, 0.15) is 26.0 Å². The van der Waals surface area contributed by atoms with Crippen LogP contribution < -0.4 is 30.7 Å². The topological polar surface area (TPSA) is 288 Å². The van der Waals surface area contributed by atoms with E-state index in [1.165, 1.54) is 48.4 Å². The van der Waals surface area contributed by atoms with E-state index in [9.17, 15) is 38.2 Å². The zero-order chi connectivity index (χ0) is 45.3. The van der Waals surface area contributed by atoms with E-state index in [0.29, 0.717) is 45.6 Å². The Morgan fingerprint density at radius 3 is 1.38 bits per heavy atom. The number of benzene rings is 2. The molecule has 0 aliphatic heterocycles. The molecule has 25 heteroatoms. The van der Waals surface area contributed by atoms with Crippen molar-refractivity contribution in [2.75, 3.05) is 48.8 Å². The minimum Gasteiger partial charge on any atom is -0.494 e. The molecule has 65 heavy (non-hydrogen) atoms. The third-order valence-electron chi connectivity index (χ3n) is 9.55. The fourth-order valence-electron chi connectivity index (χ4n) is 6.14. The Kier molecular flexibility index (Phi) is 15.3. The number of anilines is 6. The molecule has 8 rings (SSSR count). The Bertz CT molecular complexity index is 2510. The van der Waals surface area contributed by atoms with Crippen molar-refractivity contribution < 1.29 is 67.1 Å². The molecule has 6 aromatic rings. The predicted molar refractivity (Wildman–Crippen MR) is 223 cm³/mol. The molecule has 4 heterocycles. The summed E-state index contributed by atoms with van der Waals surface area (Å²) in [6, 6.07) is 13.0. The Morgan fingerprint density at radius 2 is 1.05 bits per heavy atom. The second-order valence-corrected chi connectivity index (χ2v) is 14.2. The number of carboxylic acids is 2. The SMILES string of the molecule is COc1c(Nc2cc(NC(=O)C3CC3)nnc2C(=O)O)cccc1-c1ncn(CCF)n1.COc1c(Nc2cc(NC(=O)C3CC3)nnc2C(=O)O)cccc1-c1ncn(CCF)n1.[Zn]. The summed E-state index contributed by atoms with van der Waals surface area (Å²) in [7, 11) is 2.90. The number of hydrogen-bond acceptors (Lipinski definition) is 16. The number of aryl methyl sites for hydroxylation is 2. The van der Waals surface area contributed by atoms with Gasteiger partial charge in [-0.1, -0.05) is 12.1 Å². The average Bonchev–Trinajstić information content (AvgIpc) is 4.22. The summed E-state index contributed by atoms with van der Waals surface area (Å²) in [5, 5.41) is 53.8. The Morgan fingerprint density at radius 1 is 0.646 bits per heavy atom. The first-order valence-corrected chi connectivity index (χ1v) is 19.6. The van der Waals surface area contributed by atoms with Crippen molar-refractivity contribution in [3.8, 4) is 34.3 Å². The van der Waals surface area contributed by atoms with Crippen LogP contribution in [0.3, 0.4) is 0 Å². The first-order chi connectivity index (χ1) is 31.0. The minimum absolute atomic E-state index is 0. The van der Waals surface area contributed by atoms with Crippen LogP contribution in [0, 0.1) is 11.8 Å². The summed E-state index contributed by atoms with van der Waals surface area (Å²) >= 11 is 0. The second kappa shape index (κ2) is 21.2. The predicted octanol–water partition coefficient (Wildman–Crippen LogP) is 5.00. The number of amides is 2. The third kappa shape index (κ3) is 11.5. The number of aromatic nitrogens is 10. The number of nitrogens with zero attached hydrogens (tertiary/aromatic N) is 10. The molecular formula is C40H40F2N14O8Zn. The van der Waals surface area contributed by atoms with E-state index in [1.54, 1.807) is 36.4 Å². The van der Waals surface area contributed by atoms with Gasteiger partial charge in [0.25, 0.3) is 0 Å². The van der Waals surface area contributed by atoms with E-state index in [1.807, 2.05) is 0 Å². The Labute approximate surface area is 380 Å². The Balaban J connectivity index is 0.000000212. The molecule has 2 aromatic carbocycles. The maximum Gasteiger partial charge on any atom is 0.358 e. The zero-order valence-corrected chi connectivity index (χ0v) is 37.8. The summed E-state index contributed by atoms with van der Waals surface area (Å²) in [6.45, 7) is -0.997. The van der Waals surface area contributed by atoms with Gasteiger partial charge in [0.15, 0.2) is 46.2 Å². The number of para-hydroxylation sites is 2. The molecule has 2 aliphatic carbocycles. The zero-order valence-electron chi connectivity index (χ0n) is 34.9. The molecular weight excluding hydrogens is 908 g/mol. The molecule has 2 aliphatic rings. The van der Waals surface area contributed by atoms with E-state index < -0.39 is 25.3 Å². The van der Waals surface area contributed by atoms with Gasteiger partial charge in [-0.3, -0.25) is 9.59 Å². The maximum absolute atomic E-state index is 12.6. The van der Waals surface area contributed by atoms with Crippen LogP contribution in [0.5, 0.6) is 11.5 Å². The summed E-state index contributed by atoms with van der Waals surface area (Å²) < 4.78 is 39.0. The number of aromatic carboxylic acids is 2. The van der Waals surface area contributed by atoms with Gasteiger partial charge in [-0.2, -0.15) is 10.2 Å². The van der Waals surface area contributed by atoms with Gasteiger partial charge in [0.05, 0.1) is 61.2 Å². The molecule has 0 bridgehead atoms. The van der Waals surface area contributed by atoms with Crippen LogP contribution in [-0.4, -0.2) is 111 Å². The van der Waals surface area contributed by atoms with E-state index in [0.717, 1.165) is 25.7 Å². The fraction of sp³-hybridized carbons (Fsp3) is 0.300. The van der Waals surface area contributed by atoms with Crippen molar-refractivity contribution in [1.82, 2.24) is 49.9 Å². The van der Waals surface area contributed by atoms with E-state index in [-0.39, 0.29) is 90.6 Å². The van der Waals surface area contributed by atoms with Crippen molar-refractivity contribution in [2.45, 2.75) is 38.8 Å². The number of methoxy groups -OCH3 is 2. The van der Waals surface area contributed by atoms with Gasteiger partial charge in [-0.15, -0.1) is 20.4 Å². The van der Waals surface area contributed by atoms with Gasteiger partial charge < -0.3 is 41.0 Å². The molecule has 2 saturated carbocycles. The second-order valence-electron chi connectivity index (χ2n) is 14.2. The summed E-state index contributed by atoms with van der Waals surface area (Å²) in [5.74, 6) is -1.42. The van der Waals surface area contributed by atoms with Crippen LogP contribution in [0.4, 0.5) is 43.2 Å².